The summed E-state index contributed by atoms with van der Waals surface area (Å²) >= 11 is 0. The van der Waals surface area contributed by atoms with Crippen molar-refractivity contribution in [3.8, 4) is 11.5 Å². The Bertz CT molecular complexity index is 1430. The maximum absolute atomic E-state index is 13.8. The van der Waals surface area contributed by atoms with Crippen molar-refractivity contribution in [3.05, 3.63) is 89.6 Å². The number of pyridine rings is 1. The van der Waals surface area contributed by atoms with E-state index in [2.05, 4.69) is 4.98 Å². The third kappa shape index (κ3) is 3.23. The predicted octanol–water partition coefficient (Wildman–Crippen LogP) is 4.34. The number of fused-ring (bicyclic) bond motifs is 2. The summed E-state index contributed by atoms with van der Waals surface area (Å²) < 4.78 is 38.4. The Kier molecular flexibility index (Phi) is 4.48. The zero-order chi connectivity index (χ0) is 21.6. The number of carbonyl (C=O) groups is 1. The van der Waals surface area contributed by atoms with Crippen LogP contribution in [0.5, 0.6) is 11.5 Å². The van der Waals surface area contributed by atoms with Gasteiger partial charge in [0.2, 0.25) is 16.6 Å². The first kappa shape index (κ1) is 19.3. The second kappa shape index (κ2) is 7.21. The predicted molar refractivity (Wildman–Crippen MR) is 114 cm³/mol. The Morgan fingerprint density at radius 3 is 2.32 bits per heavy atom. The van der Waals surface area contributed by atoms with Crippen molar-refractivity contribution in [1.29, 1.82) is 0 Å². The molecular weight excluding hydrogens is 414 g/mol. The molecule has 0 amide bonds. The molecule has 0 spiro atoms. The number of hydrogen-bond acceptors (Lipinski definition) is 6. The van der Waals surface area contributed by atoms with E-state index < -0.39 is 15.6 Å². The molecule has 0 N–H and O–H groups in total. The fraction of sp³-hybridized carbons (Fsp3) is 0.0833. The van der Waals surface area contributed by atoms with E-state index in [1.165, 1.54) is 6.20 Å². The summed E-state index contributed by atoms with van der Waals surface area (Å²) in [6.07, 6.45) is 1.32. The van der Waals surface area contributed by atoms with E-state index in [0.29, 0.717) is 28.0 Å². The van der Waals surface area contributed by atoms with Crippen LogP contribution in [0, 0.1) is 6.92 Å². The summed E-state index contributed by atoms with van der Waals surface area (Å²) in [5.74, 6) is 0.484. The van der Waals surface area contributed by atoms with E-state index in [1.807, 2.05) is 6.92 Å². The summed E-state index contributed by atoms with van der Waals surface area (Å²) in [4.78, 5) is 17.7. The quantitative estimate of drug-likeness (QED) is 0.447. The summed E-state index contributed by atoms with van der Waals surface area (Å²) in [5.41, 5.74) is 1.73. The molecule has 4 aromatic rings. The van der Waals surface area contributed by atoms with Crippen LogP contribution in [-0.4, -0.2) is 26.0 Å². The number of rotatable bonds is 4. The van der Waals surface area contributed by atoms with Crippen LogP contribution < -0.4 is 9.47 Å². The lowest BCUT2D eigenvalue weighted by Gasteiger charge is -2.14. The van der Waals surface area contributed by atoms with E-state index in [0.717, 1.165) is 5.56 Å². The topological polar surface area (TPSA) is 82.6 Å². The minimum absolute atomic E-state index is 0.0122. The number of carbonyl (C=O) groups excluding carboxylic acids is 1. The number of ether oxygens (including phenoxy) is 2. The molecule has 154 valence electrons. The van der Waals surface area contributed by atoms with Crippen molar-refractivity contribution >= 4 is 26.5 Å². The molecule has 1 aliphatic rings. The molecule has 0 bridgehead atoms. The number of hydrogen-bond donors (Lipinski definition) is 0. The Labute approximate surface area is 179 Å². The van der Waals surface area contributed by atoms with E-state index in [1.54, 1.807) is 66.7 Å². The first-order chi connectivity index (χ1) is 14.9. The highest BCUT2D eigenvalue weighted by Crippen LogP contribution is 2.40. The highest BCUT2D eigenvalue weighted by atomic mass is 32.2. The van der Waals surface area contributed by atoms with E-state index in [4.69, 9.17) is 9.47 Å². The maximum Gasteiger partial charge on any atom is 0.231 e. The summed E-state index contributed by atoms with van der Waals surface area (Å²) in [5, 5.41) is 0.312. The minimum Gasteiger partial charge on any atom is -0.454 e. The zero-order valence-electron chi connectivity index (χ0n) is 16.5. The molecule has 0 saturated carbocycles. The Morgan fingerprint density at radius 2 is 1.61 bits per heavy atom. The van der Waals surface area contributed by atoms with Crippen molar-refractivity contribution in [3.63, 3.8) is 0 Å². The molecule has 2 heterocycles. The van der Waals surface area contributed by atoms with Crippen molar-refractivity contribution in [2.45, 2.75) is 16.7 Å². The van der Waals surface area contributed by atoms with Crippen LogP contribution in [0.1, 0.15) is 21.5 Å². The smallest absolute Gasteiger partial charge is 0.231 e. The van der Waals surface area contributed by atoms with Crippen LogP contribution >= 0.6 is 0 Å². The van der Waals surface area contributed by atoms with Gasteiger partial charge in [-0.25, -0.2) is 8.42 Å². The van der Waals surface area contributed by atoms with Crippen molar-refractivity contribution in [2.75, 3.05) is 6.79 Å². The van der Waals surface area contributed by atoms with Gasteiger partial charge in [0.25, 0.3) is 0 Å². The summed E-state index contributed by atoms with van der Waals surface area (Å²) in [6, 6.07) is 18.3. The second-order valence-corrected chi connectivity index (χ2v) is 9.12. The summed E-state index contributed by atoms with van der Waals surface area (Å²) in [6.45, 7) is 1.92. The lowest BCUT2D eigenvalue weighted by molar-refractivity contribution is 0.103. The number of aromatic nitrogens is 1. The molecule has 3 aromatic carbocycles. The molecule has 0 fully saturated rings. The summed E-state index contributed by atoms with van der Waals surface area (Å²) in [7, 11) is -4.04. The van der Waals surface area contributed by atoms with Gasteiger partial charge in [-0.1, -0.05) is 48.0 Å². The monoisotopic (exact) mass is 431 g/mol. The average Bonchev–Trinajstić information content (AvgIpc) is 3.24. The third-order valence-corrected chi connectivity index (χ3v) is 7.06. The SMILES string of the molecule is Cc1ccc(S(=O)(=O)c2c(C(=O)c3ccccc3)cnc3cc4c(cc23)OCO4)cc1. The molecular formula is C24H17NO5S. The molecule has 1 aromatic heterocycles. The van der Waals surface area contributed by atoms with Gasteiger partial charge in [-0.15, -0.1) is 0 Å². The maximum atomic E-state index is 13.8. The lowest BCUT2D eigenvalue weighted by Crippen LogP contribution is -2.12. The van der Waals surface area contributed by atoms with Crippen LogP contribution in [0.4, 0.5) is 0 Å². The van der Waals surface area contributed by atoms with Crippen molar-refractivity contribution in [1.82, 2.24) is 4.98 Å². The zero-order valence-corrected chi connectivity index (χ0v) is 17.3. The van der Waals surface area contributed by atoms with Crippen molar-refractivity contribution in [2.24, 2.45) is 0 Å². The first-order valence-corrected chi connectivity index (χ1v) is 11.1. The van der Waals surface area contributed by atoms with Gasteiger partial charge < -0.3 is 9.47 Å². The van der Waals surface area contributed by atoms with E-state index in [9.17, 15) is 13.2 Å². The molecule has 0 aliphatic carbocycles. The number of nitrogens with zero attached hydrogens (tertiary/aromatic N) is 1. The number of sulfone groups is 1. The van der Waals surface area contributed by atoms with E-state index in [-0.39, 0.29) is 22.1 Å². The standard InChI is InChI=1S/C24H17NO5S/c1-15-7-9-17(10-8-15)31(27,28)24-18-11-21-22(30-14-29-21)12-20(18)25-13-19(24)23(26)16-5-3-2-4-6-16/h2-13H,14H2,1H3. The fourth-order valence-corrected chi connectivity index (χ4v) is 5.21. The largest absolute Gasteiger partial charge is 0.454 e. The molecule has 7 heteroatoms. The Hall–Kier alpha value is -3.71. The van der Waals surface area contributed by atoms with Crippen molar-refractivity contribution < 1.29 is 22.7 Å². The molecule has 0 atom stereocenters. The molecule has 6 nitrogen and oxygen atoms in total. The van der Waals surface area contributed by atoms with Crippen LogP contribution in [0.2, 0.25) is 0 Å². The normalized spacial score (nSPS) is 12.8. The minimum atomic E-state index is -4.04. The van der Waals surface area contributed by atoms with Gasteiger partial charge >= 0.3 is 0 Å². The van der Waals surface area contributed by atoms with Crippen LogP contribution in [0.15, 0.2) is 82.7 Å². The highest BCUT2D eigenvalue weighted by Gasteiger charge is 2.30. The molecule has 0 saturated heterocycles. The Morgan fingerprint density at radius 1 is 0.935 bits per heavy atom. The van der Waals surface area contributed by atoms with Gasteiger partial charge in [0.1, 0.15) is 0 Å². The van der Waals surface area contributed by atoms with Crippen LogP contribution in [-0.2, 0) is 9.84 Å². The second-order valence-electron chi connectivity index (χ2n) is 7.24. The van der Waals surface area contributed by atoms with Gasteiger partial charge in [-0.05, 0) is 25.1 Å². The molecule has 31 heavy (non-hydrogen) atoms. The highest BCUT2D eigenvalue weighted by molar-refractivity contribution is 7.91. The molecule has 0 radical (unpaired) electrons. The third-order valence-electron chi connectivity index (χ3n) is 5.19. The lowest BCUT2D eigenvalue weighted by atomic mass is 10.0. The molecule has 0 unspecified atom stereocenters. The number of benzene rings is 3. The van der Waals surface area contributed by atoms with Gasteiger partial charge in [0, 0.05) is 23.2 Å². The van der Waals surface area contributed by atoms with E-state index >= 15 is 0 Å². The van der Waals surface area contributed by atoms with Gasteiger partial charge in [0.15, 0.2) is 17.3 Å². The molecule has 5 rings (SSSR count). The Balaban J connectivity index is 1.82. The van der Waals surface area contributed by atoms with Crippen LogP contribution in [0.3, 0.4) is 0 Å². The number of ketones is 1. The van der Waals surface area contributed by atoms with Gasteiger partial charge in [-0.3, -0.25) is 9.78 Å². The average molecular weight is 431 g/mol. The molecule has 1 aliphatic heterocycles. The van der Waals surface area contributed by atoms with Gasteiger partial charge in [0.05, 0.1) is 20.9 Å². The van der Waals surface area contributed by atoms with Gasteiger partial charge in [-0.2, -0.15) is 0 Å². The van der Waals surface area contributed by atoms with Crippen LogP contribution in [0.25, 0.3) is 10.9 Å². The number of aryl methyl sites for hydroxylation is 1. The first-order valence-electron chi connectivity index (χ1n) is 9.59. The fourth-order valence-electron chi connectivity index (χ4n) is 3.59.